The largest absolute Gasteiger partial charge is 0.337 e. The van der Waals surface area contributed by atoms with Crippen LogP contribution in [0, 0.1) is 5.92 Å². The second-order valence-electron chi connectivity index (χ2n) is 6.64. The van der Waals surface area contributed by atoms with Gasteiger partial charge in [0.05, 0.1) is 0 Å². The molecule has 2 heterocycles. The molecule has 0 bridgehead atoms. The minimum Gasteiger partial charge on any atom is -0.337 e. The summed E-state index contributed by atoms with van der Waals surface area (Å²) < 4.78 is 0. The smallest absolute Gasteiger partial charge is 0.321 e. The Morgan fingerprint density at radius 2 is 1.83 bits per heavy atom. The summed E-state index contributed by atoms with van der Waals surface area (Å²) in [5, 5.41) is 6.22. The number of piperazine rings is 1. The lowest BCUT2D eigenvalue weighted by molar-refractivity contribution is -0.139. The van der Waals surface area contributed by atoms with Crippen LogP contribution in [0.25, 0.3) is 0 Å². The molecule has 2 aliphatic rings. The molecule has 0 radical (unpaired) electrons. The summed E-state index contributed by atoms with van der Waals surface area (Å²) in [5.74, 6) is 0.304. The summed E-state index contributed by atoms with van der Waals surface area (Å²) in [6, 6.07) is 9.64. The summed E-state index contributed by atoms with van der Waals surface area (Å²) in [6.07, 6.45) is 1.50. The highest BCUT2D eigenvalue weighted by Crippen LogP contribution is 2.22. The summed E-state index contributed by atoms with van der Waals surface area (Å²) >= 11 is 0. The molecule has 0 aliphatic carbocycles. The molecule has 0 spiro atoms. The lowest BCUT2D eigenvalue weighted by atomic mass is 9.94. The standard InChI is InChI=1S/C18H26N4O2/c1-14-13-19-9-12-22(14)17(23)15-7-10-21(11-8-15)18(24)20-16-5-3-2-4-6-16/h2-6,14-15,19H,7-13H2,1H3,(H,20,24)/t14-/m1/s1. The molecule has 3 rings (SSSR count). The number of benzene rings is 1. The fraction of sp³-hybridized carbons (Fsp3) is 0.556. The van der Waals surface area contributed by atoms with Crippen LogP contribution in [-0.4, -0.2) is 60.5 Å². The Kier molecular flexibility index (Phi) is 5.35. The van der Waals surface area contributed by atoms with Crippen LogP contribution in [0.1, 0.15) is 19.8 Å². The summed E-state index contributed by atoms with van der Waals surface area (Å²) in [5.41, 5.74) is 0.801. The molecule has 24 heavy (non-hydrogen) atoms. The van der Waals surface area contributed by atoms with Crippen LogP contribution in [0.15, 0.2) is 30.3 Å². The molecule has 2 N–H and O–H groups in total. The Morgan fingerprint density at radius 3 is 2.50 bits per heavy atom. The van der Waals surface area contributed by atoms with Crippen molar-refractivity contribution in [1.82, 2.24) is 15.1 Å². The molecule has 2 saturated heterocycles. The van der Waals surface area contributed by atoms with Crippen LogP contribution in [0.5, 0.6) is 0 Å². The second kappa shape index (κ2) is 7.66. The average Bonchev–Trinajstić information content (AvgIpc) is 2.62. The van der Waals surface area contributed by atoms with Gasteiger partial charge < -0.3 is 20.4 Å². The van der Waals surface area contributed by atoms with Gasteiger partial charge in [-0.1, -0.05) is 18.2 Å². The highest BCUT2D eigenvalue weighted by atomic mass is 16.2. The van der Waals surface area contributed by atoms with E-state index in [1.54, 1.807) is 4.90 Å². The van der Waals surface area contributed by atoms with Gasteiger partial charge in [-0.25, -0.2) is 4.79 Å². The van der Waals surface area contributed by atoms with Gasteiger partial charge in [0.25, 0.3) is 0 Å². The first-order valence-corrected chi connectivity index (χ1v) is 8.77. The number of nitrogens with zero attached hydrogens (tertiary/aromatic N) is 2. The topological polar surface area (TPSA) is 64.7 Å². The van der Waals surface area contributed by atoms with E-state index in [-0.39, 0.29) is 23.9 Å². The van der Waals surface area contributed by atoms with Gasteiger partial charge in [0, 0.05) is 50.4 Å². The monoisotopic (exact) mass is 330 g/mol. The van der Waals surface area contributed by atoms with E-state index in [2.05, 4.69) is 17.6 Å². The van der Waals surface area contributed by atoms with Crippen molar-refractivity contribution >= 4 is 17.6 Å². The van der Waals surface area contributed by atoms with E-state index in [4.69, 9.17) is 0 Å². The lowest BCUT2D eigenvalue weighted by Crippen LogP contribution is -2.55. The molecule has 0 unspecified atom stereocenters. The molecule has 1 aromatic carbocycles. The first-order chi connectivity index (χ1) is 11.6. The van der Waals surface area contributed by atoms with E-state index in [1.165, 1.54) is 0 Å². The number of hydrogen-bond acceptors (Lipinski definition) is 3. The second-order valence-corrected chi connectivity index (χ2v) is 6.64. The summed E-state index contributed by atoms with van der Waals surface area (Å²) in [4.78, 5) is 28.8. The first kappa shape index (κ1) is 16.8. The third-order valence-corrected chi connectivity index (χ3v) is 4.94. The number of carbonyl (C=O) groups is 2. The fourth-order valence-corrected chi connectivity index (χ4v) is 3.46. The number of amides is 3. The van der Waals surface area contributed by atoms with Gasteiger partial charge in [-0.2, -0.15) is 0 Å². The molecule has 1 aromatic rings. The van der Waals surface area contributed by atoms with Crippen LogP contribution in [0.4, 0.5) is 10.5 Å². The number of nitrogens with one attached hydrogen (secondary N) is 2. The molecule has 1 atom stereocenters. The van der Waals surface area contributed by atoms with Gasteiger partial charge in [0.2, 0.25) is 5.91 Å². The highest BCUT2D eigenvalue weighted by molar-refractivity contribution is 5.89. The zero-order chi connectivity index (χ0) is 16.9. The lowest BCUT2D eigenvalue weighted by Gasteiger charge is -2.39. The molecule has 0 saturated carbocycles. The van der Waals surface area contributed by atoms with Crippen molar-refractivity contribution in [1.29, 1.82) is 0 Å². The minimum atomic E-state index is -0.0809. The zero-order valence-electron chi connectivity index (χ0n) is 14.2. The van der Waals surface area contributed by atoms with Crippen molar-refractivity contribution in [2.45, 2.75) is 25.8 Å². The van der Waals surface area contributed by atoms with Crippen LogP contribution in [0.3, 0.4) is 0 Å². The Hall–Kier alpha value is -2.08. The number of carbonyl (C=O) groups excluding carboxylic acids is 2. The number of anilines is 1. The number of urea groups is 1. The van der Waals surface area contributed by atoms with Crippen molar-refractivity contribution in [2.24, 2.45) is 5.92 Å². The van der Waals surface area contributed by atoms with Crippen molar-refractivity contribution in [3.8, 4) is 0 Å². The molecule has 2 aliphatic heterocycles. The predicted molar refractivity (Wildman–Crippen MR) is 93.8 cm³/mol. The van der Waals surface area contributed by atoms with Gasteiger partial charge >= 0.3 is 6.03 Å². The summed E-state index contributed by atoms with van der Waals surface area (Å²) in [7, 11) is 0. The Balaban J connectivity index is 1.50. The molecule has 6 heteroatoms. The maximum Gasteiger partial charge on any atom is 0.321 e. The Morgan fingerprint density at radius 1 is 1.12 bits per heavy atom. The van der Waals surface area contributed by atoms with Crippen molar-refractivity contribution in [2.75, 3.05) is 38.0 Å². The number of rotatable bonds is 2. The van der Waals surface area contributed by atoms with E-state index < -0.39 is 0 Å². The van der Waals surface area contributed by atoms with Crippen LogP contribution < -0.4 is 10.6 Å². The number of likely N-dealkylation sites (tertiary alicyclic amines) is 1. The summed E-state index contributed by atoms with van der Waals surface area (Å²) in [6.45, 7) is 5.88. The molecule has 6 nitrogen and oxygen atoms in total. The van der Waals surface area contributed by atoms with E-state index in [0.29, 0.717) is 13.1 Å². The Labute approximate surface area is 143 Å². The maximum atomic E-state index is 12.7. The van der Waals surface area contributed by atoms with E-state index in [1.807, 2.05) is 35.2 Å². The number of piperidine rings is 1. The van der Waals surface area contributed by atoms with Gasteiger partial charge in [-0.15, -0.1) is 0 Å². The van der Waals surface area contributed by atoms with Crippen molar-refractivity contribution in [3.63, 3.8) is 0 Å². The Bertz CT molecular complexity index is 570. The quantitative estimate of drug-likeness (QED) is 0.868. The van der Waals surface area contributed by atoms with E-state index in [0.717, 1.165) is 38.2 Å². The van der Waals surface area contributed by atoms with Gasteiger partial charge in [-0.3, -0.25) is 4.79 Å². The first-order valence-electron chi connectivity index (χ1n) is 8.77. The molecular weight excluding hydrogens is 304 g/mol. The van der Waals surface area contributed by atoms with Gasteiger partial charge in [-0.05, 0) is 31.9 Å². The third kappa shape index (κ3) is 3.87. The van der Waals surface area contributed by atoms with Crippen molar-refractivity contribution < 1.29 is 9.59 Å². The number of hydrogen-bond donors (Lipinski definition) is 2. The molecule has 3 amide bonds. The van der Waals surface area contributed by atoms with Crippen molar-refractivity contribution in [3.05, 3.63) is 30.3 Å². The molecule has 130 valence electrons. The van der Waals surface area contributed by atoms with E-state index >= 15 is 0 Å². The average molecular weight is 330 g/mol. The SMILES string of the molecule is C[C@@H]1CNCCN1C(=O)C1CCN(C(=O)Nc2ccccc2)CC1. The molecular formula is C18H26N4O2. The van der Waals surface area contributed by atoms with Gasteiger partial charge in [0.1, 0.15) is 0 Å². The highest BCUT2D eigenvalue weighted by Gasteiger charge is 2.32. The number of para-hydroxylation sites is 1. The fourth-order valence-electron chi connectivity index (χ4n) is 3.46. The molecule has 2 fully saturated rings. The maximum absolute atomic E-state index is 12.7. The zero-order valence-corrected chi connectivity index (χ0v) is 14.2. The van der Waals surface area contributed by atoms with Crippen LogP contribution in [0.2, 0.25) is 0 Å². The minimum absolute atomic E-state index is 0.0475. The third-order valence-electron chi connectivity index (χ3n) is 4.94. The van der Waals surface area contributed by atoms with Crippen LogP contribution >= 0.6 is 0 Å². The van der Waals surface area contributed by atoms with Crippen LogP contribution in [-0.2, 0) is 4.79 Å². The van der Waals surface area contributed by atoms with Gasteiger partial charge in [0.15, 0.2) is 0 Å². The normalized spacial score (nSPS) is 22.3. The predicted octanol–water partition coefficient (Wildman–Crippen LogP) is 1.75. The molecule has 0 aromatic heterocycles. The van der Waals surface area contributed by atoms with E-state index in [9.17, 15) is 9.59 Å².